The number of hydrogen-bond acceptors (Lipinski definition) is 3. The molecule has 4 heteroatoms. The molecule has 0 spiro atoms. The maximum Gasteiger partial charge on any atom is 0.265 e. The van der Waals surface area contributed by atoms with E-state index in [2.05, 4.69) is 30.2 Å². The van der Waals surface area contributed by atoms with Crippen molar-refractivity contribution in [1.29, 1.82) is 0 Å². The zero-order valence-corrected chi connectivity index (χ0v) is 11.7. The lowest BCUT2D eigenvalue weighted by molar-refractivity contribution is 0.0953. The van der Waals surface area contributed by atoms with Gasteiger partial charge in [0.2, 0.25) is 0 Å². The highest BCUT2D eigenvalue weighted by atomic mass is 16.2. The number of nitrogens with zero attached hydrogens (tertiary/aromatic N) is 1. The van der Waals surface area contributed by atoms with E-state index in [4.69, 9.17) is 5.84 Å². The molecule has 1 heterocycles. The van der Waals surface area contributed by atoms with E-state index in [1.54, 1.807) is 6.07 Å². The van der Waals surface area contributed by atoms with Crippen LogP contribution in [0.2, 0.25) is 0 Å². The van der Waals surface area contributed by atoms with Crippen molar-refractivity contribution < 1.29 is 4.79 Å². The number of nitrogens with two attached hydrogens (primary N) is 1. The van der Waals surface area contributed by atoms with Crippen LogP contribution in [-0.4, -0.2) is 23.4 Å². The van der Waals surface area contributed by atoms with Gasteiger partial charge in [0, 0.05) is 24.7 Å². The molecular formula is C15H23N3O. The SMILES string of the molecule is CC1CCC(C)N(Cc2cccc(C(=O)NN)c2)C1. The highest BCUT2D eigenvalue weighted by Gasteiger charge is 2.22. The molecule has 2 rings (SSSR count). The number of benzene rings is 1. The number of hydrogen-bond donors (Lipinski definition) is 2. The van der Waals surface area contributed by atoms with E-state index in [0.29, 0.717) is 11.6 Å². The summed E-state index contributed by atoms with van der Waals surface area (Å²) in [6, 6.07) is 8.31. The van der Waals surface area contributed by atoms with Crippen molar-refractivity contribution in [2.75, 3.05) is 6.54 Å². The molecule has 2 atom stereocenters. The van der Waals surface area contributed by atoms with Gasteiger partial charge in [0.25, 0.3) is 5.91 Å². The van der Waals surface area contributed by atoms with Crippen LogP contribution in [0, 0.1) is 5.92 Å². The second-order valence-corrected chi connectivity index (χ2v) is 5.63. The minimum absolute atomic E-state index is 0.234. The minimum Gasteiger partial charge on any atom is -0.296 e. The Morgan fingerprint density at radius 2 is 2.21 bits per heavy atom. The van der Waals surface area contributed by atoms with Gasteiger partial charge in [0.1, 0.15) is 0 Å². The first kappa shape index (κ1) is 14.0. The largest absolute Gasteiger partial charge is 0.296 e. The minimum atomic E-state index is -0.234. The van der Waals surface area contributed by atoms with Gasteiger partial charge < -0.3 is 0 Å². The molecular weight excluding hydrogens is 238 g/mol. The quantitative estimate of drug-likeness (QED) is 0.496. The van der Waals surface area contributed by atoms with E-state index in [1.165, 1.54) is 18.4 Å². The average Bonchev–Trinajstić information content (AvgIpc) is 2.42. The number of amides is 1. The van der Waals surface area contributed by atoms with Crippen molar-refractivity contribution in [2.24, 2.45) is 11.8 Å². The third-order valence-electron chi connectivity index (χ3n) is 3.95. The van der Waals surface area contributed by atoms with E-state index in [1.807, 2.05) is 12.1 Å². The Morgan fingerprint density at radius 1 is 1.42 bits per heavy atom. The first-order chi connectivity index (χ1) is 9.10. The highest BCUT2D eigenvalue weighted by molar-refractivity contribution is 5.93. The summed E-state index contributed by atoms with van der Waals surface area (Å²) in [5.74, 6) is 5.69. The summed E-state index contributed by atoms with van der Waals surface area (Å²) in [5.41, 5.74) is 3.97. The molecule has 4 nitrogen and oxygen atoms in total. The summed E-state index contributed by atoms with van der Waals surface area (Å²) < 4.78 is 0. The molecule has 1 amide bonds. The van der Waals surface area contributed by atoms with Gasteiger partial charge in [-0.1, -0.05) is 19.1 Å². The zero-order valence-electron chi connectivity index (χ0n) is 11.7. The number of rotatable bonds is 3. The Bertz CT molecular complexity index is 447. The molecule has 1 aromatic carbocycles. The van der Waals surface area contributed by atoms with E-state index in [-0.39, 0.29) is 5.91 Å². The lowest BCUT2D eigenvalue weighted by Gasteiger charge is -2.36. The number of likely N-dealkylation sites (tertiary alicyclic amines) is 1. The Balaban J connectivity index is 2.08. The maximum absolute atomic E-state index is 11.5. The van der Waals surface area contributed by atoms with Gasteiger partial charge >= 0.3 is 0 Å². The summed E-state index contributed by atoms with van der Waals surface area (Å²) in [5, 5.41) is 0. The van der Waals surface area contributed by atoms with Crippen molar-refractivity contribution in [3.8, 4) is 0 Å². The fourth-order valence-electron chi connectivity index (χ4n) is 2.73. The monoisotopic (exact) mass is 261 g/mol. The summed E-state index contributed by atoms with van der Waals surface area (Å²) in [6.45, 7) is 6.62. The second kappa shape index (κ2) is 6.17. The number of hydrazine groups is 1. The van der Waals surface area contributed by atoms with E-state index in [9.17, 15) is 4.79 Å². The maximum atomic E-state index is 11.5. The molecule has 1 aliphatic heterocycles. The predicted octanol–water partition coefficient (Wildman–Crippen LogP) is 1.91. The number of carbonyl (C=O) groups is 1. The Labute approximate surface area is 114 Å². The van der Waals surface area contributed by atoms with Crippen LogP contribution in [0.15, 0.2) is 24.3 Å². The number of carbonyl (C=O) groups excluding carboxylic acids is 1. The predicted molar refractivity (Wildman–Crippen MR) is 76.4 cm³/mol. The van der Waals surface area contributed by atoms with Gasteiger partial charge in [0.15, 0.2) is 0 Å². The van der Waals surface area contributed by atoms with Crippen LogP contribution in [0.1, 0.15) is 42.6 Å². The fourth-order valence-corrected chi connectivity index (χ4v) is 2.73. The van der Waals surface area contributed by atoms with Crippen molar-refractivity contribution in [2.45, 2.75) is 39.3 Å². The smallest absolute Gasteiger partial charge is 0.265 e. The second-order valence-electron chi connectivity index (χ2n) is 5.63. The van der Waals surface area contributed by atoms with Crippen LogP contribution < -0.4 is 11.3 Å². The van der Waals surface area contributed by atoms with Crippen LogP contribution >= 0.6 is 0 Å². The van der Waals surface area contributed by atoms with Gasteiger partial charge in [-0.05, 0) is 43.4 Å². The van der Waals surface area contributed by atoms with Gasteiger partial charge in [-0.15, -0.1) is 0 Å². The summed E-state index contributed by atoms with van der Waals surface area (Å²) in [7, 11) is 0. The molecule has 0 bridgehead atoms. The van der Waals surface area contributed by atoms with Gasteiger partial charge in [-0.2, -0.15) is 0 Å². The number of nitrogen functional groups attached to an aromatic ring is 1. The summed E-state index contributed by atoms with van der Waals surface area (Å²) in [6.07, 6.45) is 2.57. The van der Waals surface area contributed by atoms with Crippen LogP contribution in [0.25, 0.3) is 0 Å². The van der Waals surface area contributed by atoms with Crippen LogP contribution in [0.4, 0.5) is 0 Å². The topological polar surface area (TPSA) is 58.4 Å². The van der Waals surface area contributed by atoms with Crippen LogP contribution in [0.5, 0.6) is 0 Å². The van der Waals surface area contributed by atoms with Crippen molar-refractivity contribution in [3.05, 3.63) is 35.4 Å². The van der Waals surface area contributed by atoms with E-state index >= 15 is 0 Å². The molecule has 1 fully saturated rings. The summed E-state index contributed by atoms with van der Waals surface area (Å²) in [4.78, 5) is 14.0. The van der Waals surface area contributed by atoms with Crippen molar-refractivity contribution in [1.82, 2.24) is 10.3 Å². The molecule has 0 radical (unpaired) electrons. The third kappa shape index (κ3) is 3.55. The fraction of sp³-hybridized carbons (Fsp3) is 0.533. The van der Waals surface area contributed by atoms with E-state index in [0.717, 1.165) is 19.0 Å². The Morgan fingerprint density at radius 3 is 2.95 bits per heavy atom. The van der Waals surface area contributed by atoms with Gasteiger partial charge in [-0.25, -0.2) is 5.84 Å². The lowest BCUT2D eigenvalue weighted by atomic mass is 9.94. The number of nitrogens with one attached hydrogen (secondary N) is 1. The molecule has 2 unspecified atom stereocenters. The van der Waals surface area contributed by atoms with Crippen molar-refractivity contribution in [3.63, 3.8) is 0 Å². The molecule has 1 aliphatic rings. The Hall–Kier alpha value is -1.39. The first-order valence-electron chi connectivity index (χ1n) is 6.94. The van der Waals surface area contributed by atoms with Crippen LogP contribution in [-0.2, 0) is 6.54 Å². The standard InChI is InChI=1S/C15H23N3O/c1-11-6-7-12(2)18(9-11)10-13-4-3-5-14(8-13)15(19)17-16/h3-5,8,11-12H,6-7,9-10,16H2,1-2H3,(H,17,19). The van der Waals surface area contributed by atoms with Crippen molar-refractivity contribution >= 4 is 5.91 Å². The third-order valence-corrected chi connectivity index (χ3v) is 3.95. The zero-order chi connectivity index (χ0) is 13.8. The van der Waals surface area contributed by atoms with E-state index < -0.39 is 0 Å². The molecule has 104 valence electrons. The molecule has 19 heavy (non-hydrogen) atoms. The number of piperidine rings is 1. The molecule has 1 saturated heterocycles. The molecule has 1 aromatic rings. The normalized spacial score (nSPS) is 24.2. The van der Waals surface area contributed by atoms with Gasteiger partial charge in [-0.3, -0.25) is 15.1 Å². The van der Waals surface area contributed by atoms with Crippen LogP contribution in [0.3, 0.4) is 0 Å². The summed E-state index contributed by atoms with van der Waals surface area (Å²) >= 11 is 0. The molecule has 3 N–H and O–H groups in total. The average molecular weight is 261 g/mol. The molecule has 0 aliphatic carbocycles. The first-order valence-corrected chi connectivity index (χ1v) is 6.94. The molecule has 0 saturated carbocycles. The molecule has 0 aromatic heterocycles. The Kier molecular flexibility index (Phi) is 4.56. The lowest BCUT2D eigenvalue weighted by Crippen LogP contribution is -2.40. The highest BCUT2D eigenvalue weighted by Crippen LogP contribution is 2.23. The van der Waals surface area contributed by atoms with Gasteiger partial charge in [0.05, 0.1) is 0 Å².